The minimum absolute atomic E-state index is 0.398. The maximum atomic E-state index is 14.0. The number of alkyl halides is 10. The maximum Gasteiger partial charge on any atom is 0.439 e. The number of anilines is 1. The molecule has 0 spiro atoms. The molecule has 1 heterocycles. The van der Waals surface area contributed by atoms with Crippen molar-refractivity contribution in [2.45, 2.75) is 30.4 Å². The van der Waals surface area contributed by atoms with Gasteiger partial charge >= 0.3 is 36.3 Å². The van der Waals surface area contributed by atoms with Crippen LogP contribution in [0, 0.1) is 0 Å². The Kier molecular flexibility index (Phi) is 4.97. The molecule has 14 heteroatoms. The monoisotopic (exact) mass is 426 g/mol. The highest BCUT2D eigenvalue weighted by molar-refractivity contribution is 5.96. The van der Waals surface area contributed by atoms with Crippen LogP contribution in [0.25, 0.3) is 6.08 Å². The van der Waals surface area contributed by atoms with E-state index in [1.165, 1.54) is 23.5 Å². The van der Waals surface area contributed by atoms with E-state index in [1.54, 1.807) is 0 Å². The third-order valence-electron chi connectivity index (χ3n) is 3.48. The molecule has 0 unspecified atom stereocenters. The number of carbonyl (C=O) groups excluding carboxylic acids is 1. The summed E-state index contributed by atoms with van der Waals surface area (Å²) in [5, 5.41) is 1.20. The summed E-state index contributed by atoms with van der Waals surface area (Å²) in [5.41, 5.74) is -0.163. The number of hydrogen-bond donors (Lipinski definition) is 1. The Morgan fingerprint density at radius 3 is 1.79 bits per heavy atom. The lowest BCUT2D eigenvalue weighted by molar-refractivity contribution is -0.581. The molecule has 156 valence electrons. The standard InChI is InChI=1S/C14H8F10N2O2/c1-2-7-3-5-8(6-4-7)25-9(27)10(15,16)26-11(17,18)13(21,22)28-14(23,24)12(26,19)20/h2-6H,1H2,(H,25,27). The van der Waals surface area contributed by atoms with E-state index < -0.39 is 46.9 Å². The van der Waals surface area contributed by atoms with Gasteiger partial charge in [-0.25, -0.2) is 4.74 Å². The summed E-state index contributed by atoms with van der Waals surface area (Å²) >= 11 is 0. The van der Waals surface area contributed by atoms with Crippen molar-refractivity contribution >= 4 is 17.7 Å². The van der Waals surface area contributed by atoms with E-state index in [-0.39, 0.29) is 0 Å². The second kappa shape index (κ2) is 6.34. The summed E-state index contributed by atoms with van der Waals surface area (Å²) < 4.78 is 137. The van der Waals surface area contributed by atoms with Crippen molar-refractivity contribution in [1.29, 1.82) is 0 Å². The van der Waals surface area contributed by atoms with Gasteiger partial charge in [0.2, 0.25) is 0 Å². The van der Waals surface area contributed by atoms with E-state index in [0.29, 0.717) is 5.56 Å². The fraction of sp³-hybridized carbons (Fsp3) is 0.357. The SMILES string of the molecule is C=Cc1ccc(NC(=O)C(F)(F)N2C(F)(F)C(F)(F)OC(F)(F)C2(F)F)cc1. The molecule has 0 aromatic heterocycles. The Hall–Kier alpha value is -2.35. The topological polar surface area (TPSA) is 41.6 Å². The molecule has 28 heavy (non-hydrogen) atoms. The molecule has 0 radical (unpaired) electrons. The van der Waals surface area contributed by atoms with Gasteiger partial charge in [0, 0.05) is 5.69 Å². The van der Waals surface area contributed by atoms with Gasteiger partial charge in [-0.1, -0.05) is 29.7 Å². The van der Waals surface area contributed by atoms with Crippen LogP contribution in [0.5, 0.6) is 0 Å². The number of hydrogen-bond acceptors (Lipinski definition) is 3. The van der Waals surface area contributed by atoms with Crippen LogP contribution in [0.15, 0.2) is 30.8 Å². The van der Waals surface area contributed by atoms with Crippen LogP contribution >= 0.6 is 0 Å². The first-order valence-electron chi connectivity index (χ1n) is 6.94. The largest absolute Gasteiger partial charge is 0.439 e. The molecule has 1 aromatic rings. The molecular weight excluding hydrogens is 418 g/mol. The summed E-state index contributed by atoms with van der Waals surface area (Å²) in [4.78, 5) is 8.40. The number of ether oxygens (including phenoxy) is 1. The fourth-order valence-corrected chi connectivity index (χ4v) is 2.08. The fourth-order valence-electron chi connectivity index (χ4n) is 2.08. The summed E-state index contributed by atoms with van der Waals surface area (Å²) in [6.07, 6.45) is -11.7. The zero-order chi connectivity index (χ0) is 21.8. The molecule has 2 rings (SSSR count). The van der Waals surface area contributed by atoms with Crippen molar-refractivity contribution in [1.82, 2.24) is 4.90 Å². The van der Waals surface area contributed by atoms with Crippen LogP contribution in [-0.2, 0) is 9.53 Å². The van der Waals surface area contributed by atoms with Crippen LogP contribution < -0.4 is 5.32 Å². The van der Waals surface area contributed by atoms with Crippen molar-refractivity contribution in [2.24, 2.45) is 0 Å². The van der Waals surface area contributed by atoms with Crippen molar-refractivity contribution in [3.8, 4) is 0 Å². The minimum atomic E-state index is -6.69. The van der Waals surface area contributed by atoms with Gasteiger partial charge in [-0.05, 0) is 17.7 Å². The molecule has 0 saturated carbocycles. The number of morpholine rings is 1. The molecule has 1 aliphatic rings. The Bertz CT molecular complexity index is 753. The van der Waals surface area contributed by atoms with Crippen molar-refractivity contribution in [3.05, 3.63) is 36.4 Å². The quantitative estimate of drug-likeness (QED) is 0.567. The Labute approximate surface area is 149 Å². The molecule has 1 N–H and O–H groups in total. The zero-order valence-electron chi connectivity index (χ0n) is 13.1. The molecule has 0 aliphatic carbocycles. The van der Waals surface area contributed by atoms with Gasteiger partial charge in [-0.2, -0.15) is 43.9 Å². The van der Waals surface area contributed by atoms with Gasteiger partial charge in [0.25, 0.3) is 0 Å². The molecule has 0 bridgehead atoms. The van der Waals surface area contributed by atoms with Crippen LogP contribution in [0.3, 0.4) is 0 Å². The normalized spacial score (nSPS) is 23.1. The van der Waals surface area contributed by atoms with Crippen LogP contribution in [0.2, 0.25) is 0 Å². The zero-order valence-corrected chi connectivity index (χ0v) is 13.1. The smallest absolute Gasteiger partial charge is 0.320 e. The highest BCUT2D eigenvalue weighted by atomic mass is 19.4. The Balaban J connectivity index is 2.46. The molecule has 1 fully saturated rings. The summed E-state index contributed by atoms with van der Waals surface area (Å²) in [7, 11) is 0. The van der Waals surface area contributed by atoms with E-state index in [0.717, 1.165) is 12.1 Å². The average Bonchev–Trinajstić information content (AvgIpc) is 2.52. The lowest BCUT2D eigenvalue weighted by atomic mass is 10.2. The van der Waals surface area contributed by atoms with Gasteiger partial charge in [-0.3, -0.25) is 4.79 Å². The second-order valence-corrected chi connectivity index (χ2v) is 5.38. The Morgan fingerprint density at radius 1 is 0.964 bits per heavy atom. The van der Waals surface area contributed by atoms with Crippen molar-refractivity contribution in [3.63, 3.8) is 0 Å². The highest BCUT2D eigenvalue weighted by Crippen LogP contribution is 2.58. The third kappa shape index (κ3) is 3.19. The summed E-state index contributed by atoms with van der Waals surface area (Å²) in [5.74, 6) is -2.99. The molecular formula is C14H8F10N2O2. The minimum Gasteiger partial charge on any atom is -0.320 e. The van der Waals surface area contributed by atoms with Crippen molar-refractivity contribution < 1.29 is 53.4 Å². The summed E-state index contributed by atoms with van der Waals surface area (Å²) in [6, 6.07) is -15.5. The lowest BCUT2D eigenvalue weighted by Crippen LogP contribution is -2.79. The predicted octanol–water partition coefficient (Wildman–Crippen LogP) is 4.56. The van der Waals surface area contributed by atoms with E-state index >= 15 is 0 Å². The Morgan fingerprint density at radius 2 is 1.39 bits per heavy atom. The molecule has 4 nitrogen and oxygen atoms in total. The molecule has 1 aliphatic heterocycles. The number of nitrogens with zero attached hydrogens (tertiary/aromatic N) is 1. The lowest BCUT2D eigenvalue weighted by Gasteiger charge is -2.48. The van der Waals surface area contributed by atoms with Gasteiger partial charge in [-0.15, -0.1) is 0 Å². The second-order valence-electron chi connectivity index (χ2n) is 5.38. The summed E-state index contributed by atoms with van der Waals surface area (Å²) in [6.45, 7) is 3.35. The van der Waals surface area contributed by atoms with E-state index in [2.05, 4.69) is 11.3 Å². The first-order chi connectivity index (χ1) is 12.5. The number of benzene rings is 1. The van der Waals surface area contributed by atoms with Crippen LogP contribution in [0.4, 0.5) is 49.6 Å². The molecule has 1 saturated heterocycles. The first kappa shape index (κ1) is 21.9. The predicted molar refractivity (Wildman–Crippen MR) is 72.8 cm³/mol. The van der Waals surface area contributed by atoms with E-state index in [1.807, 2.05) is 0 Å². The third-order valence-corrected chi connectivity index (χ3v) is 3.48. The number of nitrogens with one attached hydrogen (secondary N) is 1. The van der Waals surface area contributed by atoms with Gasteiger partial charge < -0.3 is 5.32 Å². The maximum absolute atomic E-state index is 14.0. The number of carbonyl (C=O) groups is 1. The average molecular weight is 426 g/mol. The number of rotatable bonds is 4. The molecule has 1 amide bonds. The first-order valence-corrected chi connectivity index (χ1v) is 6.94. The molecule has 1 aromatic carbocycles. The van der Waals surface area contributed by atoms with Gasteiger partial charge in [0.1, 0.15) is 0 Å². The van der Waals surface area contributed by atoms with Gasteiger partial charge in [0.05, 0.1) is 0 Å². The number of amides is 1. The van der Waals surface area contributed by atoms with E-state index in [4.69, 9.17) is 0 Å². The molecule has 0 atom stereocenters. The van der Waals surface area contributed by atoms with Gasteiger partial charge in [0.15, 0.2) is 0 Å². The van der Waals surface area contributed by atoms with Crippen molar-refractivity contribution in [2.75, 3.05) is 5.32 Å². The number of halogens is 10. The van der Waals surface area contributed by atoms with E-state index in [9.17, 15) is 48.7 Å². The highest BCUT2D eigenvalue weighted by Gasteiger charge is 2.87. The van der Waals surface area contributed by atoms with Crippen LogP contribution in [0.1, 0.15) is 5.56 Å². The van der Waals surface area contributed by atoms with Crippen LogP contribution in [-0.4, -0.2) is 41.2 Å².